The Bertz CT molecular complexity index is 663. The van der Waals surface area contributed by atoms with Crippen LogP contribution in [0.2, 0.25) is 0 Å². The topological polar surface area (TPSA) is 29.1 Å². The number of carbonyl (C=O) groups is 1. The monoisotopic (exact) mass is 335 g/mol. The Balaban J connectivity index is 2.04. The molecule has 1 N–H and O–H groups in total. The molecule has 2 aromatic carbocycles. The number of nitrogens with one attached hydrogen (secondary N) is 1. The Morgan fingerprint density at radius 1 is 1.00 bits per heavy atom. The highest BCUT2D eigenvalue weighted by Crippen LogP contribution is 2.29. The Labute approximate surface area is 139 Å². The molecule has 0 saturated carbocycles. The second-order valence-electron chi connectivity index (χ2n) is 6.07. The van der Waals surface area contributed by atoms with Gasteiger partial charge in [0.2, 0.25) is 5.91 Å². The van der Waals surface area contributed by atoms with Gasteiger partial charge in [0.15, 0.2) is 0 Å². The Morgan fingerprint density at radius 2 is 1.58 bits per heavy atom. The summed E-state index contributed by atoms with van der Waals surface area (Å²) in [5, 5.41) is 2.96. The van der Waals surface area contributed by atoms with E-state index in [9.17, 15) is 18.0 Å². The number of amides is 1. The lowest BCUT2D eigenvalue weighted by Gasteiger charge is -2.23. The summed E-state index contributed by atoms with van der Waals surface area (Å²) in [6.45, 7) is 4.02. The highest BCUT2D eigenvalue weighted by Gasteiger charge is 2.30. The fourth-order valence-electron chi connectivity index (χ4n) is 2.52. The van der Waals surface area contributed by atoms with Gasteiger partial charge in [-0.15, -0.1) is 0 Å². The van der Waals surface area contributed by atoms with Crippen LogP contribution in [0, 0.1) is 5.92 Å². The van der Waals surface area contributed by atoms with E-state index in [-0.39, 0.29) is 24.3 Å². The van der Waals surface area contributed by atoms with Crippen molar-refractivity contribution in [3.05, 3.63) is 71.3 Å². The molecule has 2 nitrogen and oxygen atoms in total. The molecule has 0 saturated heterocycles. The molecule has 5 heteroatoms. The number of rotatable bonds is 5. The van der Waals surface area contributed by atoms with Gasteiger partial charge in [0, 0.05) is 0 Å². The normalized spacial score (nSPS) is 12.9. The van der Waals surface area contributed by atoms with Gasteiger partial charge in [-0.1, -0.05) is 56.3 Å². The van der Waals surface area contributed by atoms with E-state index in [4.69, 9.17) is 0 Å². The molecule has 0 aliphatic heterocycles. The summed E-state index contributed by atoms with van der Waals surface area (Å²) in [5.41, 5.74) is 0.848. The minimum Gasteiger partial charge on any atom is -0.349 e. The molecule has 1 atom stereocenters. The van der Waals surface area contributed by atoms with Gasteiger partial charge < -0.3 is 5.32 Å². The van der Waals surface area contributed by atoms with Gasteiger partial charge in [0.25, 0.3) is 0 Å². The molecular weight excluding hydrogens is 315 g/mol. The average molecular weight is 335 g/mol. The minimum absolute atomic E-state index is 0.0498. The zero-order valence-electron chi connectivity index (χ0n) is 13.6. The molecular formula is C19H20F3NO. The van der Waals surface area contributed by atoms with E-state index in [1.165, 1.54) is 12.1 Å². The van der Waals surface area contributed by atoms with Crippen molar-refractivity contribution in [2.75, 3.05) is 0 Å². The third-order valence-corrected chi connectivity index (χ3v) is 3.79. The summed E-state index contributed by atoms with van der Waals surface area (Å²) in [6, 6.07) is 14.2. The first-order valence-electron chi connectivity index (χ1n) is 7.78. The van der Waals surface area contributed by atoms with Crippen molar-refractivity contribution in [2.24, 2.45) is 5.92 Å². The van der Waals surface area contributed by atoms with Crippen molar-refractivity contribution in [2.45, 2.75) is 32.5 Å². The van der Waals surface area contributed by atoms with Crippen LogP contribution in [-0.2, 0) is 17.4 Å². The molecule has 0 spiro atoms. The highest BCUT2D eigenvalue weighted by molar-refractivity contribution is 5.79. The predicted octanol–water partition coefficient (Wildman–Crippen LogP) is 4.76. The van der Waals surface area contributed by atoms with Crippen molar-refractivity contribution in [1.29, 1.82) is 0 Å². The first-order chi connectivity index (χ1) is 11.3. The number of hydrogen-bond acceptors (Lipinski definition) is 1. The Kier molecular flexibility index (Phi) is 5.65. The summed E-state index contributed by atoms with van der Waals surface area (Å²) in [7, 11) is 0. The molecule has 0 aliphatic carbocycles. The summed E-state index contributed by atoms with van der Waals surface area (Å²) in [5.74, 6) is -0.0127. The smallest absolute Gasteiger partial charge is 0.349 e. The van der Waals surface area contributed by atoms with E-state index < -0.39 is 11.7 Å². The van der Waals surface area contributed by atoms with Crippen molar-refractivity contribution < 1.29 is 18.0 Å². The molecule has 1 unspecified atom stereocenters. The van der Waals surface area contributed by atoms with Gasteiger partial charge >= 0.3 is 6.18 Å². The first kappa shape index (κ1) is 18.0. The van der Waals surface area contributed by atoms with Crippen LogP contribution in [0.25, 0.3) is 0 Å². The van der Waals surface area contributed by atoms with E-state index in [0.717, 1.165) is 17.7 Å². The number of hydrogen-bond donors (Lipinski definition) is 1. The minimum atomic E-state index is -4.36. The van der Waals surface area contributed by atoms with Crippen LogP contribution in [0.3, 0.4) is 0 Å². The van der Waals surface area contributed by atoms with Crippen LogP contribution in [0.4, 0.5) is 13.2 Å². The molecule has 128 valence electrons. The van der Waals surface area contributed by atoms with E-state index in [0.29, 0.717) is 5.56 Å². The lowest BCUT2D eigenvalue weighted by molar-refractivity contribution is -0.137. The third kappa shape index (κ3) is 4.85. The van der Waals surface area contributed by atoms with Crippen LogP contribution in [0.5, 0.6) is 0 Å². The van der Waals surface area contributed by atoms with Crippen molar-refractivity contribution in [3.63, 3.8) is 0 Å². The molecule has 1 amide bonds. The lowest BCUT2D eigenvalue weighted by Crippen LogP contribution is -2.32. The fraction of sp³-hybridized carbons (Fsp3) is 0.316. The van der Waals surface area contributed by atoms with Crippen molar-refractivity contribution >= 4 is 5.91 Å². The van der Waals surface area contributed by atoms with Gasteiger partial charge in [0.05, 0.1) is 18.0 Å². The number of halogens is 3. The van der Waals surface area contributed by atoms with Crippen LogP contribution in [0.1, 0.15) is 36.6 Å². The first-order valence-corrected chi connectivity index (χ1v) is 7.78. The van der Waals surface area contributed by atoms with E-state index in [1.807, 2.05) is 44.2 Å². The van der Waals surface area contributed by atoms with E-state index in [1.54, 1.807) is 0 Å². The van der Waals surface area contributed by atoms with Crippen LogP contribution in [0.15, 0.2) is 54.6 Å². The average Bonchev–Trinajstić information content (AvgIpc) is 2.53. The molecule has 2 aromatic rings. The third-order valence-electron chi connectivity index (χ3n) is 3.79. The number of carbonyl (C=O) groups excluding carboxylic acids is 1. The van der Waals surface area contributed by atoms with Gasteiger partial charge in [-0.25, -0.2) is 0 Å². The summed E-state index contributed by atoms with van der Waals surface area (Å²) in [4.78, 5) is 12.2. The fourth-order valence-corrected chi connectivity index (χ4v) is 2.52. The van der Waals surface area contributed by atoms with Gasteiger partial charge in [-0.2, -0.15) is 13.2 Å². The number of alkyl halides is 3. The van der Waals surface area contributed by atoms with Gasteiger partial charge in [-0.05, 0) is 29.2 Å². The van der Waals surface area contributed by atoms with Gasteiger partial charge in [0.1, 0.15) is 0 Å². The zero-order valence-corrected chi connectivity index (χ0v) is 13.6. The Hall–Kier alpha value is -2.30. The Morgan fingerprint density at radius 3 is 2.08 bits per heavy atom. The molecule has 24 heavy (non-hydrogen) atoms. The van der Waals surface area contributed by atoms with Crippen molar-refractivity contribution in [3.8, 4) is 0 Å². The maximum Gasteiger partial charge on any atom is 0.416 e. The second-order valence-corrected chi connectivity index (χ2v) is 6.07. The zero-order chi connectivity index (χ0) is 17.7. The molecule has 0 radical (unpaired) electrons. The quantitative estimate of drug-likeness (QED) is 0.838. The summed E-state index contributed by atoms with van der Waals surface area (Å²) >= 11 is 0. The maximum absolute atomic E-state index is 12.6. The molecule has 0 aliphatic rings. The van der Waals surface area contributed by atoms with E-state index in [2.05, 4.69) is 5.32 Å². The number of benzene rings is 2. The lowest BCUT2D eigenvalue weighted by atomic mass is 9.95. The molecule has 0 fully saturated rings. The predicted molar refractivity (Wildman–Crippen MR) is 87.3 cm³/mol. The SMILES string of the molecule is CC(C)C(NC(=O)Cc1ccc(C(F)(F)F)cc1)c1ccccc1. The molecule has 0 aromatic heterocycles. The van der Waals surface area contributed by atoms with Gasteiger partial charge in [-0.3, -0.25) is 4.79 Å². The van der Waals surface area contributed by atoms with Crippen LogP contribution < -0.4 is 5.32 Å². The van der Waals surface area contributed by atoms with E-state index >= 15 is 0 Å². The molecule has 2 rings (SSSR count). The van der Waals surface area contributed by atoms with Crippen molar-refractivity contribution in [1.82, 2.24) is 5.32 Å². The summed E-state index contributed by atoms with van der Waals surface area (Å²) in [6.07, 6.45) is -4.31. The van der Waals surface area contributed by atoms with Crippen LogP contribution in [-0.4, -0.2) is 5.91 Å². The molecule has 0 heterocycles. The standard InChI is InChI=1S/C19H20F3NO/c1-13(2)18(15-6-4-3-5-7-15)23-17(24)12-14-8-10-16(11-9-14)19(20,21)22/h3-11,13,18H,12H2,1-2H3,(H,23,24). The summed E-state index contributed by atoms with van der Waals surface area (Å²) < 4.78 is 37.7. The molecule has 0 bridgehead atoms. The maximum atomic E-state index is 12.6. The second kappa shape index (κ2) is 7.51. The van der Waals surface area contributed by atoms with Crippen LogP contribution >= 0.6 is 0 Å². The largest absolute Gasteiger partial charge is 0.416 e. The highest BCUT2D eigenvalue weighted by atomic mass is 19.4.